The monoisotopic (exact) mass is 287 g/mol. The molecule has 0 amide bonds. The lowest BCUT2D eigenvalue weighted by Gasteiger charge is -2.22. The summed E-state index contributed by atoms with van der Waals surface area (Å²) in [6.45, 7) is 4.08. The van der Waals surface area contributed by atoms with Crippen LogP contribution >= 0.6 is 0 Å². The molecule has 1 aliphatic carbocycles. The number of esters is 1. The molecule has 0 aliphatic heterocycles. The Morgan fingerprint density at radius 2 is 2.05 bits per heavy atom. The fourth-order valence-electron chi connectivity index (χ4n) is 2.36. The highest BCUT2D eigenvalue weighted by Crippen LogP contribution is 2.33. The predicted molar refractivity (Wildman–Crippen MR) is 79.6 cm³/mol. The number of nitro groups is 1. The molecule has 21 heavy (non-hydrogen) atoms. The number of allylic oxidation sites excluding steroid dienone is 3. The van der Waals surface area contributed by atoms with Crippen molar-refractivity contribution in [2.24, 2.45) is 5.92 Å². The highest BCUT2D eigenvalue weighted by Gasteiger charge is 2.26. The van der Waals surface area contributed by atoms with E-state index in [2.05, 4.69) is 0 Å². The number of ether oxygens (including phenoxy) is 1. The lowest BCUT2D eigenvalue weighted by Crippen LogP contribution is -2.20. The summed E-state index contributed by atoms with van der Waals surface area (Å²) >= 11 is 0. The zero-order valence-corrected chi connectivity index (χ0v) is 12.0. The van der Waals surface area contributed by atoms with Gasteiger partial charge >= 0.3 is 5.97 Å². The minimum atomic E-state index is -0.437. The number of benzene rings is 1. The van der Waals surface area contributed by atoms with Crippen LogP contribution in [-0.4, -0.2) is 17.5 Å². The Morgan fingerprint density at radius 1 is 1.38 bits per heavy atom. The Hall–Kier alpha value is -2.43. The summed E-state index contributed by atoms with van der Waals surface area (Å²) in [5, 5.41) is 10.7. The Balaban J connectivity index is 2.34. The van der Waals surface area contributed by atoms with Crippen molar-refractivity contribution in [3.8, 4) is 0 Å². The van der Waals surface area contributed by atoms with E-state index in [-0.39, 0.29) is 17.6 Å². The van der Waals surface area contributed by atoms with Crippen molar-refractivity contribution < 1.29 is 14.5 Å². The molecule has 1 aliphatic rings. The van der Waals surface area contributed by atoms with Crippen molar-refractivity contribution in [2.75, 3.05) is 6.61 Å². The van der Waals surface area contributed by atoms with Crippen molar-refractivity contribution >= 4 is 17.2 Å². The topological polar surface area (TPSA) is 69.4 Å². The molecule has 5 nitrogen and oxygen atoms in total. The number of nitro benzene ring substituents is 1. The number of non-ortho nitro benzene ring substituents is 1. The van der Waals surface area contributed by atoms with Crippen molar-refractivity contribution in [2.45, 2.75) is 20.3 Å². The zero-order valence-electron chi connectivity index (χ0n) is 12.0. The van der Waals surface area contributed by atoms with E-state index in [1.54, 1.807) is 19.1 Å². The first-order valence-corrected chi connectivity index (χ1v) is 6.82. The third-order valence-corrected chi connectivity index (χ3v) is 3.42. The first-order valence-electron chi connectivity index (χ1n) is 6.82. The second kappa shape index (κ2) is 6.35. The molecule has 0 N–H and O–H groups in total. The van der Waals surface area contributed by atoms with Gasteiger partial charge in [0.25, 0.3) is 5.69 Å². The predicted octanol–water partition coefficient (Wildman–Crippen LogP) is 3.51. The Kier molecular flexibility index (Phi) is 4.52. The number of hydrogen-bond donors (Lipinski definition) is 0. The van der Waals surface area contributed by atoms with E-state index in [4.69, 9.17) is 4.74 Å². The Labute approximate surface area is 123 Å². The SMILES string of the molecule is CCOC(=O)C1CC=C(C)C=C1c1ccc([N+](=O)[O-])cc1. The van der Waals surface area contributed by atoms with Gasteiger partial charge in [-0.25, -0.2) is 0 Å². The van der Waals surface area contributed by atoms with Gasteiger partial charge in [0.05, 0.1) is 17.4 Å². The quantitative estimate of drug-likeness (QED) is 0.482. The lowest BCUT2D eigenvalue weighted by molar-refractivity contribution is -0.384. The van der Waals surface area contributed by atoms with Gasteiger partial charge in [-0.05, 0) is 43.5 Å². The molecule has 0 fully saturated rings. The maximum atomic E-state index is 12.1. The van der Waals surface area contributed by atoms with E-state index in [0.29, 0.717) is 13.0 Å². The number of carbonyl (C=O) groups is 1. The highest BCUT2D eigenvalue weighted by atomic mass is 16.6. The minimum absolute atomic E-state index is 0.0371. The molecule has 1 aromatic carbocycles. The molecule has 2 rings (SSSR count). The maximum Gasteiger partial charge on any atom is 0.313 e. The molecule has 1 unspecified atom stereocenters. The fraction of sp³-hybridized carbons (Fsp3) is 0.312. The van der Waals surface area contributed by atoms with Crippen LogP contribution in [0, 0.1) is 16.0 Å². The van der Waals surface area contributed by atoms with E-state index in [1.807, 2.05) is 19.1 Å². The standard InChI is InChI=1S/C16H17NO4/c1-3-21-16(18)14-9-4-11(2)10-15(14)12-5-7-13(8-6-12)17(19)20/h4-8,10,14H,3,9H2,1-2H3. The molecule has 0 saturated heterocycles. The van der Waals surface area contributed by atoms with Gasteiger partial charge in [-0.2, -0.15) is 0 Å². The average Bonchev–Trinajstić information content (AvgIpc) is 2.47. The molecule has 0 bridgehead atoms. The first-order chi connectivity index (χ1) is 10.0. The van der Waals surface area contributed by atoms with Crippen molar-refractivity contribution in [1.82, 2.24) is 0 Å². The Bertz CT molecular complexity index is 614. The van der Waals surface area contributed by atoms with Crippen LogP contribution in [0.2, 0.25) is 0 Å². The first kappa shape index (κ1) is 15.0. The van der Waals surface area contributed by atoms with Crippen LogP contribution in [0.1, 0.15) is 25.8 Å². The third-order valence-electron chi connectivity index (χ3n) is 3.42. The summed E-state index contributed by atoms with van der Waals surface area (Å²) in [6.07, 6.45) is 4.52. The van der Waals surface area contributed by atoms with Crippen molar-refractivity contribution in [1.29, 1.82) is 0 Å². The molecule has 1 atom stereocenters. The van der Waals surface area contributed by atoms with Crippen LogP contribution < -0.4 is 0 Å². The second-order valence-electron chi connectivity index (χ2n) is 4.89. The number of rotatable bonds is 4. The summed E-state index contributed by atoms with van der Waals surface area (Å²) < 4.78 is 5.11. The molecular weight excluding hydrogens is 270 g/mol. The maximum absolute atomic E-state index is 12.1. The van der Waals surface area contributed by atoms with Gasteiger partial charge in [0.1, 0.15) is 0 Å². The van der Waals surface area contributed by atoms with Gasteiger partial charge in [-0.1, -0.05) is 17.7 Å². The molecule has 0 heterocycles. The summed E-state index contributed by atoms with van der Waals surface area (Å²) in [6, 6.07) is 6.25. The lowest BCUT2D eigenvalue weighted by atomic mass is 9.84. The number of carbonyl (C=O) groups excluding carboxylic acids is 1. The van der Waals surface area contributed by atoms with E-state index in [1.165, 1.54) is 12.1 Å². The smallest absolute Gasteiger partial charge is 0.313 e. The van der Waals surface area contributed by atoms with Gasteiger partial charge in [-0.15, -0.1) is 0 Å². The van der Waals surface area contributed by atoms with Crippen LogP contribution in [0.15, 0.2) is 42.0 Å². The van der Waals surface area contributed by atoms with Crippen LogP contribution in [0.3, 0.4) is 0 Å². The zero-order chi connectivity index (χ0) is 15.4. The van der Waals surface area contributed by atoms with Crippen molar-refractivity contribution in [3.05, 3.63) is 57.7 Å². The molecule has 0 aromatic heterocycles. The molecule has 5 heteroatoms. The van der Waals surface area contributed by atoms with Crippen LogP contribution in [0.4, 0.5) is 5.69 Å². The molecular formula is C16H17NO4. The normalized spacial score (nSPS) is 17.7. The molecule has 0 saturated carbocycles. The van der Waals surface area contributed by atoms with E-state index in [9.17, 15) is 14.9 Å². The van der Waals surface area contributed by atoms with Crippen molar-refractivity contribution in [3.63, 3.8) is 0 Å². The largest absolute Gasteiger partial charge is 0.466 e. The average molecular weight is 287 g/mol. The molecule has 1 aromatic rings. The second-order valence-corrected chi connectivity index (χ2v) is 4.89. The van der Waals surface area contributed by atoms with Gasteiger partial charge in [0, 0.05) is 12.1 Å². The van der Waals surface area contributed by atoms with Gasteiger partial charge in [0.2, 0.25) is 0 Å². The number of nitrogens with zero attached hydrogens (tertiary/aromatic N) is 1. The van der Waals surface area contributed by atoms with E-state index >= 15 is 0 Å². The summed E-state index contributed by atoms with van der Waals surface area (Å²) in [5.41, 5.74) is 2.77. The Morgan fingerprint density at radius 3 is 2.62 bits per heavy atom. The van der Waals surface area contributed by atoms with Gasteiger partial charge in [-0.3, -0.25) is 14.9 Å². The van der Waals surface area contributed by atoms with E-state index in [0.717, 1.165) is 16.7 Å². The van der Waals surface area contributed by atoms with Crippen LogP contribution in [0.5, 0.6) is 0 Å². The van der Waals surface area contributed by atoms with Crippen LogP contribution in [0.25, 0.3) is 5.57 Å². The molecule has 0 radical (unpaired) electrons. The fourth-order valence-corrected chi connectivity index (χ4v) is 2.36. The highest BCUT2D eigenvalue weighted by molar-refractivity contribution is 5.90. The molecule has 0 spiro atoms. The summed E-state index contributed by atoms with van der Waals surface area (Å²) in [5.74, 6) is -0.610. The summed E-state index contributed by atoms with van der Waals surface area (Å²) in [4.78, 5) is 22.3. The number of hydrogen-bond acceptors (Lipinski definition) is 4. The van der Waals surface area contributed by atoms with Gasteiger partial charge < -0.3 is 4.74 Å². The van der Waals surface area contributed by atoms with E-state index < -0.39 is 4.92 Å². The van der Waals surface area contributed by atoms with Gasteiger partial charge in [0.15, 0.2) is 0 Å². The summed E-state index contributed by atoms with van der Waals surface area (Å²) in [7, 11) is 0. The minimum Gasteiger partial charge on any atom is -0.466 e. The molecule has 110 valence electrons. The van der Waals surface area contributed by atoms with Crippen LogP contribution in [-0.2, 0) is 9.53 Å². The third kappa shape index (κ3) is 3.37.